The van der Waals surface area contributed by atoms with Crippen LogP contribution in [0.1, 0.15) is 43.7 Å². The lowest BCUT2D eigenvalue weighted by Crippen LogP contribution is -2.41. The first-order valence-corrected chi connectivity index (χ1v) is 11.8. The third-order valence-electron chi connectivity index (χ3n) is 6.81. The Morgan fingerprint density at radius 3 is 2.59 bits per heavy atom. The third-order valence-corrected chi connectivity index (χ3v) is 6.81. The number of carbonyl (C=O) groups excluding carboxylic acids is 1. The number of methoxy groups -OCH3 is 1. The fourth-order valence-electron chi connectivity index (χ4n) is 4.76. The number of fused-ring (bicyclic) bond motifs is 1. The second-order valence-electron chi connectivity index (χ2n) is 8.93. The number of likely N-dealkylation sites (tertiary alicyclic amines) is 1. The first kappa shape index (κ1) is 22.4. The standard InChI is InChI=1S/C27H35N3O2/c1-4-30-19-23(25-16-24(32-3)10-11-26(25)30)18-29-14-12-22(13-15-29)27(31)28-17-20(2)21-8-6-5-7-9-21/h5-11,16,19-20,22H,4,12-15,17-18H2,1-3H3,(H,28,31). The van der Waals surface area contributed by atoms with Crippen LogP contribution in [0.2, 0.25) is 0 Å². The first-order valence-electron chi connectivity index (χ1n) is 11.8. The zero-order chi connectivity index (χ0) is 22.5. The van der Waals surface area contributed by atoms with Gasteiger partial charge in [-0.25, -0.2) is 0 Å². The molecule has 5 heteroatoms. The van der Waals surface area contributed by atoms with Gasteiger partial charge in [-0.2, -0.15) is 0 Å². The fraction of sp³-hybridized carbons (Fsp3) is 0.444. The normalized spacial score (nSPS) is 16.2. The van der Waals surface area contributed by atoms with Crippen molar-refractivity contribution in [2.45, 2.75) is 45.7 Å². The molecule has 1 aliphatic heterocycles. The number of aromatic nitrogens is 1. The van der Waals surface area contributed by atoms with Gasteiger partial charge in [0.05, 0.1) is 7.11 Å². The summed E-state index contributed by atoms with van der Waals surface area (Å²) in [5.41, 5.74) is 3.86. The summed E-state index contributed by atoms with van der Waals surface area (Å²) in [4.78, 5) is 15.2. The molecule has 0 spiro atoms. The van der Waals surface area contributed by atoms with Crippen LogP contribution in [0.3, 0.4) is 0 Å². The number of carbonyl (C=O) groups is 1. The summed E-state index contributed by atoms with van der Waals surface area (Å²) >= 11 is 0. The van der Waals surface area contributed by atoms with Crippen LogP contribution in [0.5, 0.6) is 5.75 Å². The van der Waals surface area contributed by atoms with Gasteiger partial charge in [-0.05, 0) is 68.1 Å². The van der Waals surface area contributed by atoms with E-state index in [-0.39, 0.29) is 11.8 Å². The summed E-state index contributed by atoms with van der Waals surface area (Å²) in [5, 5.41) is 4.45. The average molecular weight is 434 g/mol. The lowest BCUT2D eigenvalue weighted by Gasteiger charge is -2.31. The predicted molar refractivity (Wildman–Crippen MR) is 130 cm³/mol. The van der Waals surface area contributed by atoms with Crippen LogP contribution in [0, 0.1) is 5.92 Å². The maximum Gasteiger partial charge on any atom is 0.223 e. The van der Waals surface area contributed by atoms with Crippen LogP contribution >= 0.6 is 0 Å². The van der Waals surface area contributed by atoms with Crippen LogP contribution in [-0.2, 0) is 17.9 Å². The Morgan fingerprint density at radius 1 is 1.16 bits per heavy atom. The molecular weight excluding hydrogens is 398 g/mol. The highest BCUT2D eigenvalue weighted by Crippen LogP contribution is 2.28. The topological polar surface area (TPSA) is 46.5 Å². The Morgan fingerprint density at radius 2 is 1.91 bits per heavy atom. The second-order valence-corrected chi connectivity index (χ2v) is 8.93. The summed E-state index contributed by atoms with van der Waals surface area (Å²) in [6.07, 6.45) is 4.11. The molecule has 1 atom stereocenters. The molecule has 1 N–H and O–H groups in total. The van der Waals surface area contributed by atoms with E-state index in [0.717, 1.165) is 44.8 Å². The van der Waals surface area contributed by atoms with E-state index in [2.05, 4.69) is 71.2 Å². The Kier molecular flexibility index (Phi) is 7.15. The van der Waals surface area contributed by atoms with Gasteiger partial charge in [0.25, 0.3) is 0 Å². The van der Waals surface area contributed by atoms with E-state index in [9.17, 15) is 4.79 Å². The van der Waals surface area contributed by atoms with Crippen molar-refractivity contribution in [2.24, 2.45) is 5.92 Å². The van der Waals surface area contributed by atoms with Crippen molar-refractivity contribution in [3.8, 4) is 5.75 Å². The third kappa shape index (κ3) is 4.99. The molecule has 2 heterocycles. The van der Waals surface area contributed by atoms with Crippen molar-refractivity contribution in [3.63, 3.8) is 0 Å². The molecule has 32 heavy (non-hydrogen) atoms. The van der Waals surface area contributed by atoms with E-state index in [1.807, 2.05) is 12.1 Å². The smallest absolute Gasteiger partial charge is 0.223 e. The van der Waals surface area contributed by atoms with Crippen molar-refractivity contribution >= 4 is 16.8 Å². The largest absolute Gasteiger partial charge is 0.497 e. The molecule has 2 aromatic carbocycles. The lowest BCUT2D eigenvalue weighted by atomic mass is 9.95. The van der Waals surface area contributed by atoms with Crippen molar-refractivity contribution in [1.29, 1.82) is 0 Å². The van der Waals surface area contributed by atoms with Crippen molar-refractivity contribution < 1.29 is 9.53 Å². The maximum atomic E-state index is 12.7. The quantitative estimate of drug-likeness (QED) is 0.555. The molecule has 1 saturated heterocycles. The molecule has 0 aliphatic carbocycles. The zero-order valence-corrected chi connectivity index (χ0v) is 19.5. The summed E-state index contributed by atoms with van der Waals surface area (Å²) in [5.74, 6) is 1.55. The highest BCUT2D eigenvalue weighted by molar-refractivity contribution is 5.85. The molecule has 4 rings (SSSR count). The van der Waals surface area contributed by atoms with Crippen molar-refractivity contribution in [2.75, 3.05) is 26.7 Å². The van der Waals surface area contributed by atoms with Gasteiger partial charge in [-0.1, -0.05) is 37.3 Å². The van der Waals surface area contributed by atoms with Crippen LogP contribution in [0.25, 0.3) is 10.9 Å². The number of rotatable bonds is 8. The number of benzene rings is 2. The molecule has 0 radical (unpaired) electrons. The monoisotopic (exact) mass is 433 g/mol. The van der Waals surface area contributed by atoms with E-state index >= 15 is 0 Å². The molecule has 1 unspecified atom stereocenters. The van der Waals surface area contributed by atoms with Gasteiger partial charge in [-0.3, -0.25) is 9.69 Å². The number of ether oxygens (including phenoxy) is 1. The molecule has 0 saturated carbocycles. The van der Waals surface area contributed by atoms with Crippen molar-refractivity contribution in [3.05, 3.63) is 65.9 Å². The molecule has 1 aliphatic rings. The van der Waals surface area contributed by atoms with E-state index in [1.54, 1.807) is 7.11 Å². The van der Waals surface area contributed by atoms with E-state index in [1.165, 1.54) is 22.0 Å². The average Bonchev–Trinajstić information content (AvgIpc) is 3.19. The highest BCUT2D eigenvalue weighted by atomic mass is 16.5. The second kappa shape index (κ2) is 10.2. The molecule has 3 aromatic rings. The van der Waals surface area contributed by atoms with Crippen LogP contribution in [0.4, 0.5) is 0 Å². The van der Waals surface area contributed by atoms with Gasteiger partial charge in [0.1, 0.15) is 5.75 Å². The van der Waals surface area contributed by atoms with Crippen LogP contribution < -0.4 is 10.1 Å². The molecule has 0 bridgehead atoms. The van der Waals surface area contributed by atoms with E-state index in [0.29, 0.717) is 12.5 Å². The number of hydrogen-bond acceptors (Lipinski definition) is 3. The fourth-order valence-corrected chi connectivity index (χ4v) is 4.76. The van der Waals surface area contributed by atoms with Gasteiger partial charge in [-0.15, -0.1) is 0 Å². The molecule has 5 nitrogen and oxygen atoms in total. The van der Waals surface area contributed by atoms with Crippen LogP contribution in [0.15, 0.2) is 54.7 Å². The molecule has 1 fully saturated rings. The molecule has 1 amide bonds. The Bertz CT molecular complexity index is 1040. The zero-order valence-electron chi connectivity index (χ0n) is 19.5. The highest BCUT2D eigenvalue weighted by Gasteiger charge is 2.26. The number of aryl methyl sites for hydroxylation is 1. The minimum Gasteiger partial charge on any atom is -0.497 e. The summed E-state index contributed by atoms with van der Waals surface area (Å²) < 4.78 is 7.75. The molecule has 170 valence electrons. The number of nitrogens with zero attached hydrogens (tertiary/aromatic N) is 2. The minimum absolute atomic E-state index is 0.117. The number of nitrogens with one attached hydrogen (secondary N) is 1. The van der Waals surface area contributed by atoms with Gasteiger partial charge < -0.3 is 14.6 Å². The van der Waals surface area contributed by atoms with Gasteiger partial charge in [0, 0.05) is 42.7 Å². The summed E-state index contributed by atoms with van der Waals surface area (Å²) in [7, 11) is 1.72. The summed E-state index contributed by atoms with van der Waals surface area (Å²) in [6.45, 7) is 8.81. The SMILES string of the molecule is CCn1cc(CN2CCC(C(=O)NCC(C)c3ccccc3)CC2)c2cc(OC)ccc21. The first-order chi connectivity index (χ1) is 15.6. The summed E-state index contributed by atoms with van der Waals surface area (Å²) in [6, 6.07) is 16.7. The lowest BCUT2D eigenvalue weighted by molar-refractivity contribution is -0.126. The Balaban J connectivity index is 1.32. The number of hydrogen-bond donors (Lipinski definition) is 1. The predicted octanol–water partition coefficient (Wildman–Crippen LogP) is 4.80. The van der Waals surface area contributed by atoms with Gasteiger partial charge in [0.2, 0.25) is 5.91 Å². The maximum absolute atomic E-state index is 12.7. The Labute approximate surface area is 191 Å². The van der Waals surface area contributed by atoms with E-state index < -0.39 is 0 Å². The van der Waals surface area contributed by atoms with E-state index in [4.69, 9.17) is 4.74 Å². The van der Waals surface area contributed by atoms with Gasteiger partial charge >= 0.3 is 0 Å². The van der Waals surface area contributed by atoms with Crippen molar-refractivity contribution in [1.82, 2.24) is 14.8 Å². The van der Waals surface area contributed by atoms with Gasteiger partial charge in [0.15, 0.2) is 0 Å². The van der Waals surface area contributed by atoms with Crippen LogP contribution in [-0.4, -0.2) is 42.1 Å². The number of piperidine rings is 1. The molecular formula is C27H35N3O2. The number of amides is 1. The molecule has 1 aromatic heterocycles. The minimum atomic E-state index is 0.117. The Hall–Kier alpha value is -2.79.